The smallest absolute Gasteiger partial charge is 0.168 e. The van der Waals surface area contributed by atoms with Crippen molar-refractivity contribution in [2.75, 3.05) is 0 Å². The normalized spacial score (nSPS) is 15.1. The summed E-state index contributed by atoms with van der Waals surface area (Å²) in [5.74, 6) is 0.782. The summed E-state index contributed by atoms with van der Waals surface area (Å²) in [5, 5.41) is 19.5. The van der Waals surface area contributed by atoms with E-state index in [1.165, 1.54) is 25.7 Å². The molecule has 0 aliphatic heterocycles. The molecule has 5 heteroatoms. The molecule has 0 spiro atoms. The first-order chi connectivity index (χ1) is 10.8. The number of nitrogens with zero attached hydrogens (tertiary/aromatic N) is 3. The Kier molecular flexibility index (Phi) is 4.81. The molecule has 3 rings (SSSR count). The van der Waals surface area contributed by atoms with Gasteiger partial charge in [0.15, 0.2) is 5.16 Å². The number of aliphatic hydroxyl groups excluding tert-OH is 1. The van der Waals surface area contributed by atoms with E-state index in [0.29, 0.717) is 11.6 Å². The molecule has 1 aliphatic rings. The molecule has 114 valence electrons. The first-order valence-electron chi connectivity index (χ1n) is 7.60. The Morgan fingerprint density at radius 2 is 2.18 bits per heavy atom. The van der Waals surface area contributed by atoms with Gasteiger partial charge in [0, 0.05) is 11.8 Å². The average Bonchev–Trinajstić information content (AvgIpc) is 3.21. The van der Waals surface area contributed by atoms with Crippen LogP contribution >= 0.6 is 11.8 Å². The number of aromatic nitrogens is 2. The molecule has 0 unspecified atom stereocenters. The van der Waals surface area contributed by atoms with Gasteiger partial charge >= 0.3 is 0 Å². The Labute approximate surface area is 134 Å². The van der Waals surface area contributed by atoms with Crippen molar-refractivity contribution in [3.8, 4) is 6.07 Å². The maximum atomic E-state index is 9.54. The number of hydrogen-bond donors (Lipinski definition) is 1. The van der Waals surface area contributed by atoms with Gasteiger partial charge in [-0.2, -0.15) is 5.26 Å². The summed E-state index contributed by atoms with van der Waals surface area (Å²) in [5.41, 5.74) is 2.71. The van der Waals surface area contributed by atoms with Gasteiger partial charge in [-0.25, -0.2) is 4.98 Å². The third kappa shape index (κ3) is 3.18. The van der Waals surface area contributed by atoms with E-state index in [1.807, 2.05) is 24.3 Å². The lowest BCUT2D eigenvalue weighted by Crippen LogP contribution is -2.10. The predicted molar refractivity (Wildman–Crippen MR) is 86.4 cm³/mol. The Morgan fingerprint density at radius 3 is 2.91 bits per heavy atom. The van der Waals surface area contributed by atoms with Crippen LogP contribution in [0.25, 0.3) is 0 Å². The Bertz CT molecular complexity index is 683. The second-order valence-electron chi connectivity index (χ2n) is 5.60. The minimum Gasteiger partial charge on any atom is -0.390 e. The third-order valence-electron chi connectivity index (χ3n) is 4.12. The number of thioether (sulfide) groups is 1. The van der Waals surface area contributed by atoms with E-state index in [4.69, 9.17) is 5.26 Å². The molecule has 22 heavy (non-hydrogen) atoms. The van der Waals surface area contributed by atoms with Crippen LogP contribution in [-0.4, -0.2) is 14.7 Å². The van der Waals surface area contributed by atoms with Crippen molar-refractivity contribution in [3.05, 3.63) is 47.3 Å². The van der Waals surface area contributed by atoms with Crippen molar-refractivity contribution < 1.29 is 5.11 Å². The molecule has 1 heterocycles. The minimum atomic E-state index is 0.0357. The summed E-state index contributed by atoms with van der Waals surface area (Å²) in [6, 6.07) is 10.3. The molecule has 0 amide bonds. The molecule has 1 fully saturated rings. The first kappa shape index (κ1) is 15.1. The van der Waals surface area contributed by atoms with Gasteiger partial charge in [0.1, 0.15) is 0 Å². The lowest BCUT2D eigenvalue weighted by atomic mass is 10.2. The highest BCUT2D eigenvalue weighted by Gasteiger charge is 2.22. The molecule has 1 saturated carbocycles. The number of aliphatic hydroxyl groups is 1. The van der Waals surface area contributed by atoms with E-state index in [-0.39, 0.29) is 6.61 Å². The maximum absolute atomic E-state index is 9.54. The van der Waals surface area contributed by atoms with Crippen LogP contribution < -0.4 is 0 Å². The topological polar surface area (TPSA) is 61.8 Å². The van der Waals surface area contributed by atoms with Crippen molar-refractivity contribution >= 4 is 11.8 Å². The Balaban J connectivity index is 1.77. The minimum absolute atomic E-state index is 0.0357. The lowest BCUT2D eigenvalue weighted by molar-refractivity contribution is 0.263. The zero-order valence-electron chi connectivity index (χ0n) is 12.4. The van der Waals surface area contributed by atoms with Gasteiger partial charge in [-0.1, -0.05) is 36.7 Å². The number of benzene rings is 1. The SMILES string of the molecule is N#Cc1cccc(CSc2ncc(CO)n2C2CCCC2)c1. The number of imidazole rings is 1. The molecule has 1 aliphatic carbocycles. The van der Waals surface area contributed by atoms with Gasteiger partial charge in [0.2, 0.25) is 0 Å². The summed E-state index contributed by atoms with van der Waals surface area (Å²) in [7, 11) is 0. The average molecular weight is 313 g/mol. The largest absolute Gasteiger partial charge is 0.390 e. The van der Waals surface area contributed by atoms with Gasteiger partial charge in [0.25, 0.3) is 0 Å². The second kappa shape index (κ2) is 6.99. The van der Waals surface area contributed by atoms with Gasteiger partial charge in [-0.15, -0.1) is 0 Å². The van der Waals surface area contributed by atoms with E-state index in [1.54, 1.807) is 18.0 Å². The molecule has 1 N–H and O–H groups in total. The Morgan fingerprint density at radius 1 is 1.36 bits per heavy atom. The second-order valence-corrected chi connectivity index (χ2v) is 6.54. The van der Waals surface area contributed by atoms with Gasteiger partial charge in [-0.3, -0.25) is 0 Å². The third-order valence-corrected chi connectivity index (χ3v) is 5.15. The van der Waals surface area contributed by atoms with E-state index in [2.05, 4.69) is 15.6 Å². The molecule has 0 radical (unpaired) electrons. The van der Waals surface area contributed by atoms with Crippen LogP contribution in [0.5, 0.6) is 0 Å². The zero-order valence-corrected chi connectivity index (χ0v) is 13.2. The van der Waals surface area contributed by atoms with Crippen molar-refractivity contribution in [2.45, 2.75) is 49.2 Å². The number of hydrogen-bond acceptors (Lipinski definition) is 4. The fraction of sp³-hybridized carbons (Fsp3) is 0.412. The molecule has 1 aromatic carbocycles. The van der Waals surface area contributed by atoms with Crippen molar-refractivity contribution in [1.82, 2.24) is 9.55 Å². The molecule has 0 bridgehead atoms. The van der Waals surface area contributed by atoms with Crippen LogP contribution in [0.2, 0.25) is 0 Å². The molecule has 4 nitrogen and oxygen atoms in total. The van der Waals surface area contributed by atoms with Crippen molar-refractivity contribution in [2.24, 2.45) is 0 Å². The van der Waals surface area contributed by atoms with E-state index < -0.39 is 0 Å². The highest BCUT2D eigenvalue weighted by molar-refractivity contribution is 7.98. The monoisotopic (exact) mass is 313 g/mol. The van der Waals surface area contributed by atoms with Crippen LogP contribution in [0.1, 0.15) is 48.5 Å². The zero-order chi connectivity index (χ0) is 15.4. The van der Waals surface area contributed by atoms with Crippen LogP contribution in [-0.2, 0) is 12.4 Å². The summed E-state index contributed by atoms with van der Waals surface area (Å²) >= 11 is 1.67. The van der Waals surface area contributed by atoms with E-state index in [9.17, 15) is 5.11 Å². The standard InChI is InChI=1S/C17H19N3OS/c18-9-13-4-3-5-14(8-13)12-22-17-19-10-16(11-21)20(17)15-6-1-2-7-15/h3-5,8,10,15,21H,1-2,6-7,11-12H2. The quantitative estimate of drug-likeness (QED) is 0.856. The van der Waals surface area contributed by atoms with E-state index >= 15 is 0 Å². The van der Waals surface area contributed by atoms with Crippen LogP contribution in [0.15, 0.2) is 35.6 Å². The maximum Gasteiger partial charge on any atom is 0.168 e. The van der Waals surface area contributed by atoms with Crippen LogP contribution in [0.4, 0.5) is 0 Å². The molecular weight excluding hydrogens is 294 g/mol. The molecule has 0 saturated heterocycles. The summed E-state index contributed by atoms with van der Waals surface area (Å²) in [4.78, 5) is 4.49. The van der Waals surface area contributed by atoms with Crippen molar-refractivity contribution in [3.63, 3.8) is 0 Å². The fourth-order valence-electron chi connectivity index (χ4n) is 3.03. The van der Waals surface area contributed by atoms with Crippen LogP contribution in [0, 0.1) is 11.3 Å². The van der Waals surface area contributed by atoms with Crippen LogP contribution in [0.3, 0.4) is 0 Å². The molecule has 2 aromatic rings. The van der Waals surface area contributed by atoms with Gasteiger partial charge in [0.05, 0.1) is 30.1 Å². The molecular formula is C17H19N3OS. The lowest BCUT2D eigenvalue weighted by Gasteiger charge is -2.17. The highest BCUT2D eigenvalue weighted by atomic mass is 32.2. The van der Waals surface area contributed by atoms with Crippen molar-refractivity contribution in [1.29, 1.82) is 5.26 Å². The van der Waals surface area contributed by atoms with E-state index in [0.717, 1.165) is 22.2 Å². The first-order valence-corrected chi connectivity index (χ1v) is 8.59. The fourth-order valence-corrected chi connectivity index (χ4v) is 4.04. The predicted octanol–water partition coefficient (Wildman–Crippen LogP) is 3.65. The summed E-state index contributed by atoms with van der Waals surface area (Å²) < 4.78 is 2.21. The molecule has 1 aromatic heterocycles. The number of nitriles is 1. The highest BCUT2D eigenvalue weighted by Crippen LogP contribution is 2.35. The summed E-state index contributed by atoms with van der Waals surface area (Å²) in [6.07, 6.45) is 6.62. The molecule has 0 atom stereocenters. The van der Waals surface area contributed by atoms with Gasteiger partial charge < -0.3 is 9.67 Å². The summed E-state index contributed by atoms with van der Waals surface area (Å²) in [6.45, 7) is 0.0357. The van der Waals surface area contributed by atoms with Gasteiger partial charge in [-0.05, 0) is 30.5 Å². The Hall–Kier alpha value is -1.77. The number of rotatable bonds is 5.